The first-order valence-electron chi connectivity index (χ1n) is 9.43. The van der Waals surface area contributed by atoms with Crippen LogP contribution in [0.4, 0.5) is 4.39 Å². The van der Waals surface area contributed by atoms with Crippen LogP contribution in [0.25, 0.3) is 11.5 Å². The Kier molecular flexibility index (Phi) is 6.00. The van der Waals surface area contributed by atoms with Crippen LogP contribution >= 0.6 is 11.6 Å². The van der Waals surface area contributed by atoms with E-state index in [9.17, 15) is 4.39 Å². The first-order valence-corrected chi connectivity index (χ1v) is 9.81. The van der Waals surface area contributed by atoms with Crippen molar-refractivity contribution in [3.8, 4) is 11.5 Å². The van der Waals surface area contributed by atoms with E-state index in [1.165, 1.54) is 17.7 Å². The molecule has 7 heteroatoms. The molecule has 0 bridgehead atoms. The molecule has 0 atom stereocenters. The second-order valence-corrected chi connectivity index (χ2v) is 7.48. The molecule has 2 aromatic carbocycles. The summed E-state index contributed by atoms with van der Waals surface area (Å²) in [6.07, 6.45) is 1.09. The smallest absolute Gasteiger partial charge is 0.247 e. The monoisotopic (exact) mass is 400 g/mol. The van der Waals surface area contributed by atoms with E-state index in [2.05, 4.69) is 32.1 Å². The van der Waals surface area contributed by atoms with E-state index >= 15 is 0 Å². The van der Waals surface area contributed by atoms with Gasteiger partial charge in [0, 0.05) is 30.2 Å². The molecule has 0 spiro atoms. The van der Waals surface area contributed by atoms with Crippen LogP contribution in [0.1, 0.15) is 17.9 Å². The number of hydrogen-bond donors (Lipinski definition) is 0. The number of rotatable bonds is 5. The van der Waals surface area contributed by atoms with Crippen molar-refractivity contribution in [1.82, 2.24) is 20.0 Å². The standard InChI is InChI=1S/C21H22ClFN4O/c22-18-6-2-16(3-7-18)14-26-10-1-11-27(13-12-26)15-20-24-25-21(28-20)17-4-8-19(23)9-5-17/h2-9H,1,10-15H2. The maximum atomic E-state index is 13.1. The van der Waals surface area contributed by atoms with Gasteiger partial charge in [-0.05, 0) is 61.5 Å². The first kappa shape index (κ1) is 19.1. The SMILES string of the molecule is Fc1ccc(-c2nnc(CN3CCCN(Cc4ccc(Cl)cc4)CC3)o2)cc1. The molecule has 28 heavy (non-hydrogen) atoms. The highest BCUT2D eigenvalue weighted by Crippen LogP contribution is 2.19. The van der Waals surface area contributed by atoms with Gasteiger partial charge in [0.15, 0.2) is 0 Å². The lowest BCUT2D eigenvalue weighted by Crippen LogP contribution is -2.30. The van der Waals surface area contributed by atoms with Crippen molar-refractivity contribution in [3.05, 3.63) is 70.8 Å². The Bertz CT molecular complexity index is 898. The van der Waals surface area contributed by atoms with E-state index in [4.69, 9.17) is 16.0 Å². The highest BCUT2D eigenvalue weighted by molar-refractivity contribution is 6.30. The second kappa shape index (κ2) is 8.82. The summed E-state index contributed by atoms with van der Waals surface area (Å²) in [7, 11) is 0. The van der Waals surface area contributed by atoms with Gasteiger partial charge in [-0.25, -0.2) is 4.39 Å². The molecule has 4 rings (SSSR count). The predicted octanol–water partition coefficient (Wildman–Crippen LogP) is 4.24. The fourth-order valence-corrected chi connectivity index (χ4v) is 3.53. The van der Waals surface area contributed by atoms with Gasteiger partial charge in [-0.15, -0.1) is 10.2 Å². The van der Waals surface area contributed by atoms with Gasteiger partial charge in [0.05, 0.1) is 6.54 Å². The summed E-state index contributed by atoms with van der Waals surface area (Å²) < 4.78 is 18.8. The summed E-state index contributed by atoms with van der Waals surface area (Å²) in [5.41, 5.74) is 2.00. The van der Waals surface area contributed by atoms with E-state index in [-0.39, 0.29) is 5.82 Å². The Hall–Kier alpha value is -2.28. The number of hydrogen-bond acceptors (Lipinski definition) is 5. The quantitative estimate of drug-likeness (QED) is 0.641. The van der Waals surface area contributed by atoms with Crippen LogP contribution in [-0.4, -0.2) is 46.2 Å². The minimum absolute atomic E-state index is 0.281. The molecule has 2 heterocycles. The van der Waals surface area contributed by atoms with Crippen molar-refractivity contribution in [1.29, 1.82) is 0 Å². The molecule has 1 aliphatic rings. The molecule has 5 nitrogen and oxygen atoms in total. The highest BCUT2D eigenvalue weighted by atomic mass is 35.5. The van der Waals surface area contributed by atoms with Crippen LogP contribution in [0.3, 0.4) is 0 Å². The van der Waals surface area contributed by atoms with Gasteiger partial charge in [-0.3, -0.25) is 9.80 Å². The van der Waals surface area contributed by atoms with E-state index < -0.39 is 0 Å². The average Bonchev–Trinajstić information content (AvgIpc) is 3.05. The van der Waals surface area contributed by atoms with Crippen LogP contribution in [0.2, 0.25) is 5.02 Å². The maximum Gasteiger partial charge on any atom is 0.247 e. The largest absolute Gasteiger partial charge is 0.419 e. The van der Waals surface area contributed by atoms with E-state index in [0.29, 0.717) is 18.3 Å². The van der Waals surface area contributed by atoms with Gasteiger partial charge in [-0.1, -0.05) is 23.7 Å². The summed E-state index contributed by atoms with van der Waals surface area (Å²) in [4.78, 5) is 4.80. The maximum absolute atomic E-state index is 13.1. The van der Waals surface area contributed by atoms with Crippen molar-refractivity contribution < 1.29 is 8.81 Å². The molecule has 0 amide bonds. The van der Waals surface area contributed by atoms with Gasteiger partial charge in [0.2, 0.25) is 11.8 Å². The Morgan fingerprint density at radius 3 is 2.25 bits per heavy atom. The summed E-state index contributed by atoms with van der Waals surface area (Å²) >= 11 is 5.97. The molecule has 0 saturated carbocycles. The van der Waals surface area contributed by atoms with Crippen LogP contribution in [-0.2, 0) is 13.1 Å². The summed E-state index contributed by atoms with van der Waals surface area (Å²) in [6, 6.07) is 14.1. The zero-order valence-electron chi connectivity index (χ0n) is 15.5. The Morgan fingerprint density at radius 1 is 0.857 bits per heavy atom. The van der Waals surface area contributed by atoms with Crippen molar-refractivity contribution in [2.45, 2.75) is 19.5 Å². The fourth-order valence-electron chi connectivity index (χ4n) is 3.41. The van der Waals surface area contributed by atoms with Crippen molar-refractivity contribution in [3.63, 3.8) is 0 Å². The molecule has 0 unspecified atom stereocenters. The minimum atomic E-state index is -0.281. The van der Waals surface area contributed by atoms with Gasteiger partial charge in [0.1, 0.15) is 5.82 Å². The average molecular weight is 401 g/mol. The number of halogens is 2. The summed E-state index contributed by atoms with van der Waals surface area (Å²) in [5, 5.41) is 9.02. The Morgan fingerprint density at radius 2 is 1.54 bits per heavy atom. The predicted molar refractivity (Wildman–Crippen MR) is 106 cm³/mol. The third-order valence-corrected chi connectivity index (χ3v) is 5.17. The molecule has 0 aliphatic carbocycles. The fraction of sp³-hybridized carbons (Fsp3) is 0.333. The summed E-state index contributed by atoms with van der Waals surface area (Å²) in [6.45, 7) is 5.54. The van der Waals surface area contributed by atoms with Crippen LogP contribution in [0.15, 0.2) is 52.9 Å². The molecule has 146 valence electrons. The van der Waals surface area contributed by atoms with Crippen molar-refractivity contribution >= 4 is 11.6 Å². The third-order valence-electron chi connectivity index (χ3n) is 4.92. The van der Waals surface area contributed by atoms with Gasteiger partial charge in [-0.2, -0.15) is 0 Å². The highest BCUT2D eigenvalue weighted by Gasteiger charge is 2.18. The van der Waals surface area contributed by atoms with E-state index in [1.807, 2.05) is 12.1 Å². The molecule has 0 N–H and O–H groups in total. The molecular weight excluding hydrogens is 379 g/mol. The first-order chi connectivity index (χ1) is 13.7. The van der Waals surface area contributed by atoms with Crippen LogP contribution in [0.5, 0.6) is 0 Å². The Balaban J connectivity index is 1.32. The van der Waals surface area contributed by atoms with Crippen LogP contribution < -0.4 is 0 Å². The van der Waals surface area contributed by atoms with E-state index in [0.717, 1.165) is 49.7 Å². The zero-order chi connectivity index (χ0) is 19.3. The lowest BCUT2D eigenvalue weighted by atomic mass is 10.2. The second-order valence-electron chi connectivity index (χ2n) is 7.04. The lowest BCUT2D eigenvalue weighted by Gasteiger charge is -2.21. The molecule has 1 aliphatic heterocycles. The van der Waals surface area contributed by atoms with Crippen molar-refractivity contribution in [2.24, 2.45) is 0 Å². The third kappa shape index (κ3) is 4.95. The van der Waals surface area contributed by atoms with Gasteiger partial charge in [0.25, 0.3) is 0 Å². The molecule has 1 fully saturated rings. The normalized spacial score (nSPS) is 16.2. The number of nitrogens with zero attached hydrogens (tertiary/aromatic N) is 4. The van der Waals surface area contributed by atoms with Gasteiger partial charge < -0.3 is 4.42 Å². The van der Waals surface area contributed by atoms with Crippen molar-refractivity contribution in [2.75, 3.05) is 26.2 Å². The molecule has 1 saturated heterocycles. The minimum Gasteiger partial charge on any atom is -0.419 e. The topological polar surface area (TPSA) is 45.4 Å². The van der Waals surface area contributed by atoms with E-state index in [1.54, 1.807) is 12.1 Å². The zero-order valence-corrected chi connectivity index (χ0v) is 16.3. The molecule has 1 aromatic heterocycles. The number of aromatic nitrogens is 2. The van der Waals surface area contributed by atoms with Gasteiger partial charge >= 0.3 is 0 Å². The summed E-state index contributed by atoms with van der Waals surface area (Å²) in [5.74, 6) is 0.732. The molecule has 0 radical (unpaired) electrons. The molecule has 3 aromatic rings. The Labute approximate surface area is 168 Å². The lowest BCUT2D eigenvalue weighted by molar-refractivity contribution is 0.232. The van der Waals surface area contributed by atoms with Crippen LogP contribution in [0, 0.1) is 5.82 Å². The number of benzene rings is 2. The molecular formula is C21H22ClFN4O.